The summed E-state index contributed by atoms with van der Waals surface area (Å²) in [6, 6.07) is 8.49. The smallest absolute Gasteiger partial charge is 0.216 e. The molecule has 0 unspecified atom stereocenters. The van der Waals surface area contributed by atoms with E-state index in [4.69, 9.17) is 0 Å². The van der Waals surface area contributed by atoms with E-state index in [0.29, 0.717) is 18.6 Å². The van der Waals surface area contributed by atoms with Crippen molar-refractivity contribution in [2.45, 2.75) is 78.9 Å². The lowest BCUT2D eigenvalue weighted by Crippen LogP contribution is -2.45. The molecule has 0 fully saturated rings. The standard InChI is InChI=1S/C22H41N5O2S.HI/c1-8-23-22(24-13-14-27(18(4)5)19(6)7)25-15-20-9-11-21(12-10-20)16-30(28,29)26-17(2)3;/h9-12,17-19,26H,8,13-16H2,1-7H3,(H2,23,24,25);1H. The second-order valence-electron chi connectivity index (χ2n) is 8.40. The van der Waals surface area contributed by atoms with Gasteiger partial charge in [0.05, 0.1) is 12.3 Å². The second kappa shape index (κ2) is 15.0. The zero-order chi connectivity index (χ0) is 22.7. The number of aliphatic imine (C=N–C) groups is 1. The van der Waals surface area contributed by atoms with E-state index in [-0.39, 0.29) is 35.8 Å². The van der Waals surface area contributed by atoms with Crippen molar-refractivity contribution in [3.05, 3.63) is 35.4 Å². The summed E-state index contributed by atoms with van der Waals surface area (Å²) in [6.45, 7) is 17.6. The van der Waals surface area contributed by atoms with E-state index >= 15 is 0 Å². The monoisotopic (exact) mass is 567 g/mol. The van der Waals surface area contributed by atoms with Crippen LogP contribution in [-0.2, 0) is 22.3 Å². The topological polar surface area (TPSA) is 85.8 Å². The summed E-state index contributed by atoms with van der Waals surface area (Å²) >= 11 is 0. The summed E-state index contributed by atoms with van der Waals surface area (Å²) in [5.74, 6) is 0.777. The first-order valence-corrected chi connectivity index (χ1v) is 12.5. The van der Waals surface area contributed by atoms with Crippen molar-refractivity contribution < 1.29 is 8.42 Å². The van der Waals surface area contributed by atoms with Gasteiger partial charge in [0.15, 0.2) is 5.96 Å². The van der Waals surface area contributed by atoms with E-state index in [9.17, 15) is 8.42 Å². The Morgan fingerprint density at radius 2 is 1.52 bits per heavy atom. The minimum Gasteiger partial charge on any atom is -0.357 e. The van der Waals surface area contributed by atoms with Crippen molar-refractivity contribution in [2.75, 3.05) is 19.6 Å². The van der Waals surface area contributed by atoms with Gasteiger partial charge in [-0.3, -0.25) is 4.90 Å². The van der Waals surface area contributed by atoms with Gasteiger partial charge < -0.3 is 10.6 Å². The van der Waals surface area contributed by atoms with Crippen LogP contribution < -0.4 is 15.4 Å². The quantitative estimate of drug-likeness (QED) is 0.205. The fourth-order valence-corrected chi connectivity index (χ4v) is 4.72. The molecule has 0 spiro atoms. The largest absolute Gasteiger partial charge is 0.357 e. The zero-order valence-corrected chi connectivity index (χ0v) is 23.3. The van der Waals surface area contributed by atoms with Gasteiger partial charge in [-0.15, -0.1) is 24.0 Å². The summed E-state index contributed by atoms with van der Waals surface area (Å²) in [6.07, 6.45) is 0. The highest BCUT2D eigenvalue weighted by atomic mass is 127. The maximum absolute atomic E-state index is 12.1. The van der Waals surface area contributed by atoms with Gasteiger partial charge in [-0.05, 0) is 59.6 Å². The fraction of sp³-hybridized carbons (Fsp3) is 0.682. The fourth-order valence-electron chi connectivity index (χ4n) is 3.29. The normalized spacial score (nSPS) is 12.5. The number of halogens is 1. The number of sulfonamides is 1. The molecular formula is C22H42IN5O2S. The predicted octanol–water partition coefficient (Wildman–Crippen LogP) is 3.31. The molecule has 0 atom stereocenters. The van der Waals surface area contributed by atoms with E-state index < -0.39 is 10.0 Å². The molecule has 0 aromatic heterocycles. The van der Waals surface area contributed by atoms with Gasteiger partial charge in [-0.25, -0.2) is 18.1 Å². The minimum atomic E-state index is -3.31. The van der Waals surface area contributed by atoms with Crippen molar-refractivity contribution >= 4 is 40.0 Å². The first kappa shape index (κ1) is 30.1. The van der Waals surface area contributed by atoms with Crippen LogP contribution in [0, 0.1) is 0 Å². The summed E-state index contributed by atoms with van der Waals surface area (Å²) in [7, 11) is -3.31. The Hall–Kier alpha value is -0.910. The van der Waals surface area contributed by atoms with Gasteiger partial charge in [0.25, 0.3) is 0 Å². The molecule has 31 heavy (non-hydrogen) atoms. The van der Waals surface area contributed by atoms with Crippen LogP contribution in [0.1, 0.15) is 59.6 Å². The molecule has 1 aromatic carbocycles. The van der Waals surface area contributed by atoms with E-state index in [1.165, 1.54) is 0 Å². The molecule has 1 rings (SSSR count). The van der Waals surface area contributed by atoms with Gasteiger partial charge >= 0.3 is 0 Å². The number of rotatable bonds is 12. The molecular weight excluding hydrogens is 525 g/mol. The molecule has 0 aliphatic rings. The Bertz CT molecular complexity index is 742. The first-order chi connectivity index (χ1) is 14.0. The van der Waals surface area contributed by atoms with Crippen molar-refractivity contribution in [1.29, 1.82) is 0 Å². The molecule has 0 bridgehead atoms. The van der Waals surface area contributed by atoms with Crippen LogP contribution in [-0.4, -0.2) is 57.0 Å². The Balaban J connectivity index is 0.00000900. The highest BCUT2D eigenvalue weighted by molar-refractivity contribution is 14.0. The lowest BCUT2D eigenvalue weighted by Gasteiger charge is -2.30. The van der Waals surface area contributed by atoms with Gasteiger partial charge in [0.1, 0.15) is 0 Å². The molecule has 0 aliphatic heterocycles. The highest BCUT2D eigenvalue weighted by Gasteiger charge is 2.13. The van der Waals surface area contributed by atoms with Crippen molar-refractivity contribution in [3.8, 4) is 0 Å². The molecule has 1 aromatic rings. The van der Waals surface area contributed by atoms with Gasteiger partial charge in [-0.2, -0.15) is 0 Å². The number of nitrogens with zero attached hydrogens (tertiary/aromatic N) is 2. The average Bonchev–Trinajstić information content (AvgIpc) is 2.62. The Morgan fingerprint density at radius 1 is 0.968 bits per heavy atom. The summed E-state index contributed by atoms with van der Waals surface area (Å²) in [4.78, 5) is 7.10. The van der Waals surface area contributed by atoms with Gasteiger partial charge in [-0.1, -0.05) is 24.3 Å². The Labute approximate surface area is 206 Å². The maximum Gasteiger partial charge on any atom is 0.216 e. The van der Waals surface area contributed by atoms with E-state index in [1.54, 1.807) is 0 Å². The molecule has 0 radical (unpaired) electrons. The average molecular weight is 568 g/mol. The lowest BCUT2D eigenvalue weighted by atomic mass is 10.1. The van der Waals surface area contributed by atoms with Crippen LogP contribution in [0.4, 0.5) is 0 Å². The number of nitrogens with one attached hydrogen (secondary N) is 3. The van der Waals surface area contributed by atoms with E-state index in [2.05, 4.69) is 52.9 Å². The molecule has 0 heterocycles. The van der Waals surface area contributed by atoms with Crippen LogP contribution in [0.2, 0.25) is 0 Å². The Morgan fingerprint density at radius 3 is 2.00 bits per heavy atom. The first-order valence-electron chi connectivity index (χ1n) is 10.9. The van der Waals surface area contributed by atoms with Crippen molar-refractivity contribution in [2.24, 2.45) is 4.99 Å². The van der Waals surface area contributed by atoms with Crippen LogP contribution in [0.3, 0.4) is 0 Å². The summed E-state index contributed by atoms with van der Waals surface area (Å²) in [5.41, 5.74) is 1.81. The molecule has 0 aliphatic carbocycles. The molecule has 9 heteroatoms. The minimum absolute atomic E-state index is 0. The van der Waals surface area contributed by atoms with Crippen LogP contribution in [0.5, 0.6) is 0 Å². The third-order valence-corrected chi connectivity index (χ3v) is 6.09. The second-order valence-corrected chi connectivity index (χ2v) is 10.1. The highest BCUT2D eigenvalue weighted by Crippen LogP contribution is 2.09. The Kier molecular flexibility index (Phi) is 14.6. The third-order valence-electron chi connectivity index (χ3n) is 4.55. The lowest BCUT2D eigenvalue weighted by molar-refractivity contribution is 0.178. The number of guanidine groups is 1. The molecule has 0 saturated carbocycles. The summed E-state index contributed by atoms with van der Waals surface area (Å²) < 4.78 is 26.7. The SMILES string of the molecule is CCNC(=NCc1ccc(CS(=O)(=O)NC(C)C)cc1)NCCN(C(C)C)C(C)C.I. The maximum atomic E-state index is 12.1. The molecule has 0 amide bonds. The molecule has 3 N–H and O–H groups in total. The van der Waals surface area contributed by atoms with Crippen molar-refractivity contribution in [1.82, 2.24) is 20.3 Å². The number of hydrogen-bond donors (Lipinski definition) is 3. The van der Waals surface area contributed by atoms with Crippen LogP contribution >= 0.6 is 24.0 Å². The predicted molar refractivity (Wildman–Crippen MR) is 143 cm³/mol. The third kappa shape index (κ3) is 12.6. The molecule has 7 nitrogen and oxygen atoms in total. The number of hydrogen-bond acceptors (Lipinski definition) is 4. The molecule has 0 saturated heterocycles. The zero-order valence-electron chi connectivity index (χ0n) is 20.1. The number of benzene rings is 1. The van der Waals surface area contributed by atoms with Gasteiger partial charge in [0, 0.05) is 37.8 Å². The van der Waals surface area contributed by atoms with Crippen LogP contribution in [0.15, 0.2) is 29.3 Å². The van der Waals surface area contributed by atoms with Gasteiger partial charge in [0.2, 0.25) is 10.0 Å². The van der Waals surface area contributed by atoms with Crippen molar-refractivity contribution in [3.63, 3.8) is 0 Å². The van der Waals surface area contributed by atoms with E-state index in [1.807, 2.05) is 45.0 Å². The van der Waals surface area contributed by atoms with E-state index in [0.717, 1.165) is 36.7 Å². The summed E-state index contributed by atoms with van der Waals surface area (Å²) in [5, 5.41) is 6.68. The molecule has 180 valence electrons. The van der Waals surface area contributed by atoms with Crippen LogP contribution in [0.25, 0.3) is 0 Å².